The molecule has 0 bridgehead atoms. The van der Waals surface area contributed by atoms with E-state index in [1.165, 1.54) is 13.1 Å². The molecule has 0 fully saturated rings. The van der Waals surface area contributed by atoms with Gasteiger partial charge in [0.2, 0.25) is 15.9 Å². The van der Waals surface area contributed by atoms with E-state index >= 15 is 0 Å². The third-order valence-corrected chi connectivity index (χ3v) is 6.29. The molecule has 0 unspecified atom stereocenters. The molecule has 0 aromatic heterocycles. The van der Waals surface area contributed by atoms with Crippen molar-refractivity contribution in [3.05, 3.63) is 57.0 Å². The van der Waals surface area contributed by atoms with E-state index < -0.39 is 22.5 Å². The van der Waals surface area contributed by atoms with Crippen molar-refractivity contribution in [2.24, 2.45) is 0 Å². The van der Waals surface area contributed by atoms with Crippen LogP contribution < -0.4 is 5.32 Å². The number of halogens is 3. The monoisotopic (exact) mass is 420 g/mol. The summed E-state index contributed by atoms with van der Waals surface area (Å²) >= 11 is 18.0. The molecule has 25 heavy (non-hydrogen) atoms. The number of rotatable bonds is 5. The Morgan fingerprint density at radius 2 is 1.68 bits per heavy atom. The Morgan fingerprint density at radius 3 is 2.24 bits per heavy atom. The normalized spacial score (nSPS) is 11.6. The largest absolute Gasteiger partial charge is 0.322 e. The van der Waals surface area contributed by atoms with Crippen molar-refractivity contribution in [1.82, 2.24) is 4.31 Å². The van der Waals surface area contributed by atoms with Gasteiger partial charge in [-0.25, -0.2) is 8.42 Å². The first kappa shape index (κ1) is 20.0. The van der Waals surface area contributed by atoms with Crippen LogP contribution in [-0.2, 0) is 14.8 Å². The minimum atomic E-state index is -3.92. The number of hydrogen-bond donors (Lipinski definition) is 1. The Balaban J connectivity index is 2.18. The summed E-state index contributed by atoms with van der Waals surface area (Å²) in [6.07, 6.45) is 0. The number of benzene rings is 2. The van der Waals surface area contributed by atoms with Gasteiger partial charge in [0.15, 0.2) is 0 Å². The number of likely N-dealkylation sites (N-methyl/N-ethyl adjacent to an activating group) is 1. The Morgan fingerprint density at radius 1 is 1.08 bits per heavy atom. The summed E-state index contributed by atoms with van der Waals surface area (Å²) in [7, 11) is -2.63. The average Bonchev–Trinajstić information content (AvgIpc) is 2.50. The van der Waals surface area contributed by atoms with E-state index in [4.69, 9.17) is 34.8 Å². The Bertz CT molecular complexity index is 897. The predicted molar refractivity (Wildman–Crippen MR) is 101 cm³/mol. The molecular formula is C16H15Cl3N2O3S. The second-order valence-corrected chi connectivity index (χ2v) is 8.57. The maximum atomic E-state index is 12.6. The van der Waals surface area contributed by atoms with E-state index in [0.717, 1.165) is 9.87 Å². The number of amides is 1. The van der Waals surface area contributed by atoms with Crippen LogP contribution in [0.25, 0.3) is 0 Å². The second-order valence-electron chi connectivity index (χ2n) is 5.34. The molecule has 0 saturated carbocycles. The number of sulfonamides is 1. The van der Waals surface area contributed by atoms with Gasteiger partial charge in [0.1, 0.15) is 4.90 Å². The number of carbonyl (C=O) groups is 1. The topological polar surface area (TPSA) is 66.5 Å². The molecule has 0 aliphatic heterocycles. The van der Waals surface area contributed by atoms with Crippen LogP contribution in [0.4, 0.5) is 5.69 Å². The van der Waals surface area contributed by atoms with Crippen LogP contribution in [0.1, 0.15) is 5.56 Å². The van der Waals surface area contributed by atoms with E-state index in [1.807, 2.05) is 0 Å². The van der Waals surface area contributed by atoms with E-state index in [0.29, 0.717) is 0 Å². The van der Waals surface area contributed by atoms with Crippen LogP contribution in [0.15, 0.2) is 41.3 Å². The molecule has 5 nitrogen and oxygen atoms in total. The fraction of sp³-hybridized carbons (Fsp3) is 0.188. The fourth-order valence-corrected chi connectivity index (χ4v) is 4.25. The summed E-state index contributed by atoms with van der Waals surface area (Å²) in [5, 5.41) is 3.13. The number of para-hydroxylation sites is 1. The number of aryl methyl sites for hydroxylation is 1. The van der Waals surface area contributed by atoms with Crippen molar-refractivity contribution >= 4 is 56.4 Å². The minimum Gasteiger partial charge on any atom is -0.322 e. The van der Waals surface area contributed by atoms with E-state index in [2.05, 4.69) is 5.32 Å². The standard InChI is InChI=1S/C16H15Cl3N2O3S/c1-10-6-7-14(13(19)8-10)25(23,24)21(2)9-15(22)20-16-11(17)4-3-5-12(16)18/h3-8H,9H2,1-2H3,(H,20,22). The fourth-order valence-electron chi connectivity index (χ4n) is 2.07. The molecule has 134 valence electrons. The van der Waals surface area contributed by atoms with Gasteiger partial charge < -0.3 is 5.32 Å². The quantitative estimate of drug-likeness (QED) is 0.786. The van der Waals surface area contributed by atoms with Crippen LogP contribution >= 0.6 is 34.8 Å². The molecule has 0 heterocycles. The van der Waals surface area contributed by atoms with Crippen LogP contribution in [0.5, 0.6) is 0 Å². The molecule has 2 rings (SSSR count). The summed E-state index contributed by atoms with van der Waals surface area (Å²) in [5.41, 5.74) is 1.06. The van der Waals surface area contributed by atoms with Gasteiger partial charge in [0.25, 0.3) is 0 Å². The summed E-state index contributed by atoms with van der Waals surface area (Å²) < 4.78 is 26.1. The molecule has 1 N–H and O–H groups in total. The first-order valence-corrected chi connectivity index (χ1v) is 9.66. The maximum Gasteiger partial charge on any atom is 0.244 e. The molecule has 0 aliphatic carbocycles. The highest BCUT2D eigenvalue weighted by Gasteiger charge is 2.25. The number of carbonyl (C=O) groups excluding carboxylic acids is 1. The van der Waals surface area contributed by atoms with Crippen molar-refractivity contribution in [3.8, 4) is 0 Å². The Labute approximate surface area is 161 Å². The molecule has 0 atom stereocenters. The first-order valence-electron chi connectivity index (χ1n) is 7.09. The van der Waals surface area contributed by atoms with Gasteiger partial charge in [-0.3, -0.25) is 4.79 Å². The first-order chi connectivity index (χ1) is 11.6. The summed E-state index contributed by atoms with van der Waals surface area (Å²) in [6.45, 7) is 1.38. The van der Waals surface area contributed by atoms with Gasteiger partial charge in [0, 0.05) is 7.05 Å². The van der Waals surface area contributed by atoms with Crippen molar-refractivity contribution in [2.45, 2.75) is 11.8 Å². The van der Waals surface area contributed by atoms with Crippen molar-refractivity contribution in [1.29, 1.82) is 0 Å². The highest BCUT2D eigenvalue weighted by molar-refractivity contribution is 7.89. The zero-order chi connectivity index (χ0) is 18.8. The third kappa shape index (κ3) is 4.65. The number of hydrogen-bond acceptors (Lipinski definition) is 3. The number of nitrogens with zero attached hydrogens (tertiary/aromatic N) is 1. The van der Waals surface area contributed by atoms with Crippen LogP contribution in [-0.4, -0.2) is 32.2 Å². The van der Waals surface area contributed by atoms with Gasteiger partial charge in [-0.1, -0.05) is 46.9 Å². The smallest absolute Gasteiger partial charge is 0.244 e. The van der Waals surface area contributed by atoms with Crippen LogP contribution in [0, 0.1) is 6.92 Å². The Hall–Kier alpha value is -1.31. The summed E-state index contributed by atoms with van der Waals surface area (Å²) in [5.74, 6) is -0.579. The average molecular weight is 422 g/mol. The van der Waals surface area contributed by atoms with E-state index in [-0.39, 0.29) is 25.7 Å². The minimum absolute atomic E-state index is 0.0640. The lowest BCUT2D eigenvalue weighted by atomic mass is 10.2. The Kier molecular flexibility index (Phi) is 6.35. The van der Waals surface area contributed by atoms with E-state index in [9.17, 15) is 13.2 Å². The van der Waals surface area contributed by atoms with Gasteiger partial charge in [-0.15, -0.1) is 0 Å². The zero-order valence-electron chi connectivity index (χ0n) is 13.4. The maximum absolute atomic E-state index is 12.6. The van der Waals surface area contributed by atoms with Crippen molar-refractivity contribution in [3.63, 3.8) is 0 Å². The molecule has 1 amide bonds. The lowest BCUT2D eigenvalue weighted by Gasteiger charge is -2.18. The number of nitrogens with one attached hydrogen (secondary N) is 1. The second kappa shape index (κ2) is 7.93. The van der Waals surface area contributed by atoms with Crippen molar-refractivity contribution < 1.29 is 13.2 Å². The number of anilines is 1. The molecule has 0 aliphatic rings. The third-order valence-electron chi connectivity index (χ3n) is 3.37. The van der Waals surface area contributed by atoms with Gasteiger partial charge in [-0.2, -0.15) is 4.31 Å². The molecule has 2 aromatic rings. The highest BCUT2D eigenvalue weighted by atomic mass is 35.5. The van der Waals surface area contributed by atoms with Crippen LogP contribution in [0.2, 0.25) is 15.1 Å². The molecule has 2 aromatic carbocycles. The van der Waals surface area contributed by atoms with Crippen LogP contribution in [0.3, 0.4) is 0 Å². The molecular weight excluding hydrogens is 407 g/mol. The SMILES string of the molecule is Cc1ccc(S(=O)(=O)N(C)CC(=O)Nc2c(Cl)cccc2Cl)c(Cl)c1. The van der Waals surface area contributed by atoms with Gasteiger partial charge in [0.05, 0.1) is 27.3 Å². The van der Waals surface area contributed by atoms with E-state index in [1.54, 1.807) is 37.3 Å². The summed E-state index contributed by atoms with van der Waals surface area (Å²) in [4.78, 5) is 12.1. The molecule has 0 spiro atoms. The molecule has 9 heteroatoms. The highest BCUT2D eigenvalue weighted by Crippen LogP contribution is 2.30. The lowest BCUT2D eigenvalue weighted by Crippen LogP contribution is -2.35. The van der Waals surface area contributed by atoms with Gasteiger partial charge in [-0.05, 0) is 36.8 Å². The van der Waals surface area contributed by atoms with Gasteiger partial charge >= 0.3 is 0 Å². The van der Waals surface area contributed by atoms with Crippen molar-refractivity contribution in [2.75, 3.05) is 18.9 Å². The molecule has 0 radical (unpaired) electrons. The lowest BCUT2D eigenvalue weighted by molar-refractivity contribution is -0.116. The zero-order valence-corrected chi connectivity index (χ0v) is 16.5. The predicted octanol–water partition coefficient (Wildman–Crippen LogP) is 4.21. The summed E-state index contributed by atoms with van der Waals surface area (Å²) in [6, 6.07) is 9.36. The molecule has 0 saturated heterocycles.